The smallest absolute Gasteiger partial charge is 0.251 e. The molecule has 1 aromatic heterocycles. The number of hydrogen-bond acceptors (Lipinski definition) is 3. The molecular formula is C24H22ClN3O2. The molecular weight excluding hydrogens is 398 g/mol. The lowest BCUT2D eigenvalue weighted by atomic mass is 10.2. The van der Waals surface area contributed by atoms with Gasteiger partial charge in [0.1, 0.15) is 18.2 Å². The summed E-state index contributed by atoms with van der Waals surface area (Å²) in [7, 11) is 0. The largest absolute Gasteiger partial charge is 0.492 e. The Morgan fingerprint density at radius 3 is 2.53 bits per heavy atom. The summed E-state index contributed by atoms with van der Waals surface area (Å²) in [6.07, 6.45) is 0. The first kappa shape index (κ1) is 20.0. The number of aromatic nitrogens is 2. The van der Waals surface area contributed by atoms with Crippen molar-refractivity contribution in [1.82, 2.24) is 14.9 Å². The maximum Gasteiger partial charge on any atom is 0.251 e. The number of aryl methyl sites for hydroxylation is 1. The fourth-order valence-corrected chi connectivity index (χ4v) is 3.39. The number of fused-ring (bicyclic) bond motifs is 1. The third-order valence-corrected chi connectivity index (χ3v) is 5.10. The van der Waals surface area contributed by atoms with Gasteiger partial charge in [0, 0.05) is 10.6 Å². The molecule has 6 heteroatoms. The molecule has 1 heterocycles. The summed E-state index contributed by atoms with van der Waals surface area (Å²) in [5, 5.41) is 3.54. The molecule has 0 unspecified atom stereocenters. The van der Waals surface area contributed by atoms with Crippen LogP contribution in [0.3, 0.4) is 0 Å². The average Bonchev–Trinajstić information content (AvgIpc) is 3.11. The molecule has 0 saturated carbocycles. The second-order valence-electron chi connectivity index (χ2n) is 7.02. The Labute approximate surface area is 180 Å². The summed E-state index contributed by atoms with van der Waals surface area (Å²) in [5.41, 5.74) is 3.66. The molecule has 0 bridgehead atoms. The van der Waals surface area contributed by atoms with Crippen LogP contribution in [0.5, 0.6) is 5.75 Å². The molecule has 0 aliphatic rings. The van der Waals surface area contributed by atoms with Gasteiger partial charge in [-0.05, 0) is 55.5 Å². The van der Waals surface area contributed by atoms with E-state index in [0.717, 1.165) is 22.6 Å². The van der Waals surface area contributed by atoms with Crippen molar-refractivity contribution < 1.29 is 9.53 Å². The van der Waals surface area contributed by atoms with Crippen LogP contribution in [0, 0.1) is 6.92 Å². The van der Waals surface area contributed by atoms with E-state index in [1.807, 2.05) is 55.5 Å². The molecule has 30 heavy (non-hydrogen) atoms. The predicted octanol–water partition coefficient (Wildman–Crippen LogP) is 5.01. The number of para-hydroxylation sites is 2. The molecule has 0 fully saturated rings. The van der Waals surface area contributed by atoms with E-state index in [-0.39, 0.29) is 5.91 Å². The normalized spacial score (nSPS) is 10.9. The van der Waals surface area contributed by atoms with E-state index in [0.29, 0.717) is 30.3 Å². The molecule has 4 rings (SSSR count). The van der Waals surface area contributed by atoms with E-state index in [9.17, 15) is 4.79 Å². The monoisotopic (exact) mass is 419 g/mol. The zero-order chi connectivity index (χ0) is 20.9. The highest BCUT2D eigenvalue weighted by Crippen LogP contribution is 2.17. The van der Waals surface area contributed by atoms with E-state index >= 15 is 0 Å². The topological polar surface area (TPSA) is 56.1 Å². The molecule has 4 aromatic rings. The van der Waals surface area contributed by atoms with E-state index in [4.69, 9.17) is 21.3 Å². The molecule has 0 radical (unpaired) electrons. The number of hydrogen-bond donors (Lipinski definition) is 1. The number of ether oxygens (including phenoxy) is 1. The van der Waals surface area contributed by atoms with E-state index in [1.54, 1.807) is 24.3 Å². The first-order valence-electron chi connectivity index (χ1n) is 9.77. The fraction of sp³-hybridized carbons (Fsp3) is 0.167. The van der Waals surface area contributed by atoms with Crippen LogP contribution in [0.15, 0.2) is 72.8 Å². The summed E-state index contributed by atoms with van der Waals surface area (Å²) in [6.45, 7) is 3.49. The molecule has 152 valence electrons. The third-order valence-electron chi connectivity index (χ3n) is 4.85. The summed E-state index contributed by atoms with van der Waals surface area (Å²) in [6, 6.07) is 22.7. The van der Waals surface area contributed by atoms with Crippen molar-refractivity contribution in [3.8, 4) is 5.75 Å². The molecule has 0 saturated heterocycles. The molecule has 0 aliphatic heterocycles. The highest BCUT2D eigenvalue weighted by Gasteiger charge is 2.12. The van der Waals surface area contributed by atoms with E-state index in [1.165, 1.54) is 5.56 Å². The molecule has 0 spiro atoms. The molecule has 0 aliphatic carbocycles. The highest BCUT2D eigenvalue weighted by atomic mass is 35.5. The highest BCUT2D eigenvalue weighted by molar-refractivity contribution is 6.30. The van der Waals surface area contributed by atoms with Crippen LogP contribution in [0.25, 0.3) is 11.0 Å². The van der Waals surface area contributed by atoms with Crippen LogP contribution >= 0.6 is 11.6 Å². The van der Waals surface area contributed by atoms with Gasteiger partial charge in [-0.2, -0.15) is 0 Å². The minimum atomic E-state index is -0.166. The lowest BCUT2D eigenvalue weighted by Crippen LogP contribution is -2.25. The number of carbonyl (C=O) groups is 1. The van der Waals surface area contributed by atoms with E-state index < -0.39 is 0 Å². The van der Waals surface area contributed by atoms with Crippen molar-refractivity contribution in [2.75, 3.05) is 6.61 Å². The third kappa shape index (κ3) is 4.63. The number of benzene rings is 3. The van der Waals surface area contributed by atoms with Crippen molar-refractivity contribution in [2.24, 2.45) is 0 Å². The Kier molecular flexibility index (Phi) is 6.00. The van der Waals surface area contributed by atoms with Gasteiger partial charge in [0.15, 0.2) is 0 Å². The number of nitrogens with one attached hydrogen (secondary N) is 1. The van der Waals surface area contributed by atoms with Crippen LogP contribution in [0.1, 0.15) is 21.7 Å². The number of halogens is 1. The molecule has 5 nitrogen and oxygen atoms in total. The zero-order valence-corrected chi connectivity index (χ0v) is 17.4. The van der Waals surface area contributed by atoms with Gasteiger partial charge in [0.2, 0.25) is 0 Å². The number of imidazole rings is 1. The van der Waals surface area contributed by atoms with Crippen molar-refractivity contribution in [1.29, 1.82) is 0 Å². The number of rotatable bonds is 7. The number of nitrogens with zero attached hydrogens (tertiary/aromatic N) is 2. The van der Waals surface area contributed by atoms with Gasteiger partial charge in [-0.15, -0.1) is 0 Å². The Hall–Kier alpha value is -3.31. The van der Waals surface area contributed by atoms with Crippen LogP contribution < -0.4 is 10.1 Å². The van der Waals surface area contributed by atoms with Crippen molar-refractivity contribution in [3.63, 3.8) is 0 Å². The number of carbonyl (C=O) groups excluding carboxylic acids is 1. The first-order chi connectivity index (χ1) is 14.6. The van der Waals surface area contributed by atoms with Crippen LogP contribution in [-0.2, 0) is 13.1 Å². The van der Waals surface area contributed by atoms with Gasteiger partial charge < -0.3 is 14.6 Å². The Balaban J connectivity index is 1.47. The minimum Gasteiger partial charge on any atom is -0.492 e. The second-order valence-corrected chi connectivity index (χ2v) is 7.46. The Morgan fingerprint density at radius 1 is 1.03 bits per heavy atom. The van der Waals surface area contributed by atoms with Crippen LogP contribution in [0.4, 0.5) is 0 Å². The maximum absolute atomic E-state index is 12.5. The fourth-order valence-electron chi connectivity index (χ4n) is 3.26. The lowest BCUT2D eigenvalue weighted by Gasteiger charge is -2.12. The minimum absolute atomic E-state index is 0.166. The van der Waals surface area contributed by atoms with Gasteiger partial charge in [-0.1, -0.05) is 41.4 Å². The van der Waals surface area contributed by atoms with Crippen LogP contribution in [0.2, 0.25) is 5.02 Å². The van der Waals surface area contributed by atoms with Crippen molar-refractivity contribution >= 4 is 28.5 Å². The van der Waals surface area contributed by atoms with Gasteiger partial charge in [0.25, 0.3) is 5.91 Å². The van der Waals surface area contributed by atoms with Gasteiger partial charge in [-0.25, -0.2) is 4.98 Å². The Morgan fingerprint density at radius 2 is 1.77 bits per heavy atom. The standard InChI is InChI=1S/C24H22ClN3O2/c1-17-6-12-20(13-7-17)30-15-14-28-22-5-3-2-4-21(22)27-23(28)16-26-24(29)18-8-10-19(25)11-9-18/h2-13H,14-16H2,1H3,(H,26,29). The Bertz CT molecular complexity index is 1150. The lowest BCUT2D eigenvalue weighted by molar-refractivity contribution is 0.0949. The molecule has 0 atom stereocenters. The van der Waals surface area contributed by atoms with Gasteiger partial charge in [0.05, 0.1) is 24.1 Å². The van der Waals surface area contributed by atoms with Crippen molar-refractivity contribution in [2.45, 2.75) is 20.0 Å². The van der Waals surface area contributed by atoms with Crippen LogP contribution in [-0.4, -0.2) is 22.1 Å². The molecule has 3 aromatic carbocycles. The van der Waals surface area contributed by atoms with E-state index in [2.05, 4.69) is 9.88 Å². The summed E-state index contributed by atoms with van der Waals surface area (Å²) in [4.78, 5) is 17.2. The quantitative estimate of drug-likeness (QED) is 0.458. The van der Waals surface area contributed by atoms with Crippen molar-refractivity contribution in [3.05, 3.63) is 94.8 Å². The average molecular weight is 420 g/mol. The second kappa shape index (κ2) is 9.01. The summed E-state index contributed by atoms with van der Waals surface area (Å²) in [5.74, 6) is 1.45. The predicted molar refractivity (Wildman–Crippen MR) is 119 cm³/mol. The summed E-state index contributed by atoms with van der Waals surface area (Å²) >= 11 is 5.90. The summed E-state index contributed by atoms with van der Waals surface area (Å²) < 4.78 is 7.98. The number of amides is 1. The SMILES string of the molecule is Cc1ccc(OCCn2c(CNC(=O)c3ccc(Cl)cc3)nc3ccccc32)cc1. The maximum atomic E-state index is 12.5. The zero-order valence-electron chi connectivity index (χ0n) is 16.6. The molecule has 1 amide bonds. The van der Waals surface area contributed by atoms with Gasteiger partial charge in [-0.3, -0.25) is 4.79 Å². The van der Waals surface area contributed by atoms with Gasteiger partial charge >= 0.3 is 0 Å². The molecule has 1 N–H and O–H groups in total. The first-order valence-corrected chi connectivity index (χ1v) is 10.2.